The molecule has 1 aliphatic heterocycles. The van der Waals surface area contributed by atoms with Gasteiger partial charge >= 0.3 is 0 Å². The summed E-state index contributed by atoms with van der Waals surface area (Å²) in [6.07, 6.45) is 5.48. The monoisotopic (exact) mass is 391 g/mol. The number of nitrogens with one attached hydrogen (secondary N) is 2. The van der Waals surface area contributed by atoms with Gasteiger partial charge in [0.2, 0.25) is 0 Å². The number of aryl methyl sites for hydroxylation is 1. The predicted molar refractivity (Wildman–Crippen MR) is 113 cm³/mol. The van der Waals surface area contributed by atoms with E-state index in [9.17, 15) is 4.79 Å². The first-order valence-electron chi connectivity index (χ1n) is 9.76. The van der Waals surface area contributed by atoms with Crippen molar-refractivity contribution in [2.75, 3.05) is 19.7 Å². The molecule has 150 valence electrons. The van der Waals surface area contributed by atoms with Gasteiger partial charge in [-0.05, 0) is 48.2 Å². The summed E-state index contributed by atoms with van der Waals surface area (Å²) in [6.45, 7) is 4.71. The molecule has 1 amide bonds. The highest BCUT2D eigenvalue weighted by Gasteiger charge is 2.16. The minimum atomic E-state index is -0.574. The largest absolute Gasteiger partial charge is 0.484 e. The van der Waals surface area contributed by atoms with Crippen molar-refractivity contribution < 1.29 is 14.7 Å². The van der Waals surface area contributed by atoms with E-state index >= 15 is 0 Å². The molecule has 1 aliphatic rings. The summed E-state index contributed by atoms with van der Waals surface area (Å²) in [6, 6.07) is 14.3. The van der Waals surface area contributed by atoms with Gasteiger partial charge in [0, 0.05) is 42.3 Å². The molecule has 1 aromatic heterocycles. The van der Waals surface area contributed by atoms with E-state index in [0.717, 1.165) is 26.1 Å². The Morgan fingerprint density at radius 1 is 1.24 bits per heavy atom. The lowest BCUT2D eigenvalue weighted by atomic mass is 9.98. The average Bonchev–Trinajstić information content (AvgIpc) is 3.16. The Morgan fingerprint density at radius 3 is 2.79 bits per heavy atom. The van der Waals surface area contributed by atoms with Gasteiger partial charge in [-0.2, -0.15) is 0 Å². The number of aromatic nitrogens is 1. The van der Waals surface area contributed by atoms with Gasteiger partial charge in [0.1, 0.15) is 5.75 Å². The highest BCUT2D eigenvalue weighted by molar-refractivity contribution is 5.93. The first-order valence-corrected chi connectivity index (χ1v) is 9.76. The summed E-state index contributed by atoms with van der Waals surface area (Å²) < 4.78 is 5.30. The van der Waals surface area contributed by atoms with Gasteiger partial charge in [0.15, 0.2) is 6.61 Å². The highest BCUT2D eigenvalue weighted by atomic mass is 16.5. The summed E-state index contributed by atoms with van der Waals surface area (Å²) in [5, 5.41) is 9.78. The molecular formula is C23H25N3O3. The Balaban J connectivity index is 1.36. The number of carbonyl (C=O) groups is 1. The van der Waals surface area contributed by atoms with Gasteiger partial charge in [-0.1, -0.05) is 30.3 Å². The zero-order chi connectivity index (χ0) is 20.2. The van der Waals surface area contributed by atoms with Crippen LogP contribution in [-0.2, 0) is 11.3 Å². The maximum Gasteiger partial charge on any atom is 0.281 e. The van der Waals surface area contributed by atoms with Gasteiger partial charge in [-0.25, -0.2) is 5.48 Å². The third kappa shape index (κ3) is 4.50. The zero-order valence-corrected chi connectivity index (χ0v) is 16.4. The van der Waals surface area contributed by atoms with Crippen molar-refractivity contribution >= 4 is 22.4 Å². The number of rotatable bonds is 6. The van der Waals surface area contributed by atoms with E-state index in [-0.39, 0.29) is 6.61 Å². The molecule has 0 aliphatic carbocycles. The molecule has 0 bridgehead atoms. The van der Waals surface area contributed by atoms with E-state index in [1.807, 2.05) is 24.3 Å². The molecule has 0 radical (unpaired) electrons. The van der Waals surface area contributed by atoms with Gasteiger partial charge < -0.3 is 9.72 Å². The predicted octanol–water partition coefficient (Wildman–Crippen LogP) is 3.65. The first kappa shape index (κ1) is 19.2. The summed E-state index contributed by atoms with van der Waals surface area (Å²) >= 11 is 0. The molecule has 2 heterocycles. The number of nitrogens with zero attached hydrogens (tertiary/aromatic N) is 1. The molecule has 6 heteroatoms. The lowest BCUT2D eigenvalue weighted by molar-refractivity contribution is -0.131. The van der Waals surface area contributed by atoms with Gasteiger partial charge in [0.25, 0.3) is 5.91 Å². The van der Waals surface area contributed by atoms with Crippen LogP contribution in [0.15, 0.2) is 54.7 Å². The van der Waals surface area contributed by atoms with Crippen LogP contribution in [0.3, 0.4) is 0 Å². The van der Waals surface area contributed by atoms with Crippen LogP contribution in [0.2, 0.25) is 0 Å². The molecule has 6 nitrogen and oxygen atoms in total. The third-order valence-electron chi connectivity index (χ3n) is 5.30. The maximum atomic E-state index is 11.0. The van der Waals surface area contributed by atoms with E-state index in [1.54, 1.807) is 5.48 Å². The Hall–Kier alpha value is -3.09. The Bertz CT molecular complexity index is 1040. The maximum absolute atomic E-state index is 11.0. The normalized spacial score (nSPS) is 14.6. The fourth-order valence-corrected chi connectivity index (χ4v) is 3.74. The van der Waals surface area contributed by atoms with Crippen LogP contribution in [0.5, 0.6) is 5.75 Å². The summed E-state index contributed by atoms with van der Waals surface area (Å²) in [7, 11) is 0. The van der Waals surface area contributed by atoms with Crippen LogP contribution in [0.4, 0.5) is 0 Å². The Kier molecular flexibility index (Phi) is 5.64. The molecule has 3 aromatic rings. The van der Waals surface area contributed by atoms with E-state index in [4.69, 9.17) is 9.94 Å². The summed E-state index contributed by atoms with van der Waals surface area (Å²) in [4.78, 5) is 16.8. The van der Waals surface area contributed by atoms with Crippen molar-refractivity contribution in [3.8, 4) is 5.75 Å². The van der Waals surface area contributed by atoms with Gasteiger partial charge in [0.05, 0.1) is 0 Å². The summed E-state index contributed by atoms with van der Waals surface area (Å²) in [5.74, 6) is 0.0306. The second kappa shape index (κ2) is 8.51. The SMILES string of the molecule is Cc1ccc2c(C3=CCN(Cc4ccc(OCC(=O)NO)cc4)CC3)c[nH]c2c1. The second-order valence-electron chi connectivity index (χ2n) is 7.43. The molecule has 2 aromatic carbocycles. The van der Waals surface area contributed by atoms with Crippen molar-refractivity contribution in [3.05, 3.63) is 71.4 Å². The number of benzene rings is 2. The first-order chi connectivity index (χ1) is 14.1. The fraction of sp³-hybridized carbons (Fsp3) is 0.261. The van der Waals surface area contributed by atoms with Crippen molar-refractivity contribution in [2.45, 2.75) is 19.9 Å². The molecule has 3 N–H and O–H groups in total. The Morgan fingerprint density at radius 2 is 2.07 bits per heavy atom. The highest BCUT2D eigenvalue weighted by Crippen LogP contribution is 2.30. The second-order valence-corrected chi connectivity index (χ2v) is 7.43. The summed E-state index contributed by atoms with van der Waals surface area (Å²) in [5.41, 5.74) is 7.93. The lowest BCUT2D eigenvalue weighted by Gasteiger charge is -2.26. The number of hydrogen-bond acceptors (Lipinski definition) is 4. The van der Waals surface area contributed by atoms with Crippen LogP contribution in [0, 0.1) is 6.92 Å². The van der Waals surface area contributed by atoms with Crippen molar-refractivity contribution in [2.24, 2.45) is 0 Å². The van der Waals surface area contributed by atoms with Crippen LogP contribution in [0.25, 0.3) is 16.5 Å². The number of H-pyrrole nitrogens is 1. The zero-order valence-electron chi connectivity index (χ0n) is 16.4. The van der Waals surface area contributed by atoms with Crippen molar-refractivity contribution in [1.29, 1.82) is 0 Å². The molecule has 0 fully saturated rings. The smallest absolute Gasteiger partial charge is 0.281 e. The quantitative estimate of drug-likeness (QED) is 0.443. The van der Waals surface area contributed by atoms with Gasteiger partial charge in [-0.15, -0.1) is 0 Å². The third-order valence-corrected chi connectivity index (χ3v) is 5.30. The molecular weight excluding hydrogens is 366 g/mol. The van der Waals surface area contributed by atoms with E-state index in [0.29, 0.717) is 5.75 Å². The molecule has 29 heavy (non-hydrogen) atoms. The molecule has 0 unspecified atom stereocenters. The standard InChI is InChI=1S/C23H25N3O3/c1-16-2-7-20-21(13-24-22(20)12-16)18-8-10-26(11-9-18)14-17-3-5-19(6-4-17)29-15-23(27)25-28/h2-8,12-13,24,28H,9-11,14-15H2,1H3,(H,25,27). The van der Waals surface area contributed by atoms with E-state index in [2.05, 4.69) is 47.3 Å². The van der Waals surface area contributed by atoms with E-state index in [1.165, 1.54) is 33.2 Å². The number of fused-ring (bicyclic) bond motifs is 1. The molecule has 0 spiro atoms. The molecule has 0 atom stereocenters. The molecule has 0 saturated heterocycles. The van der Waals surface area contributed by atoms with Crippen molar-refractivity contribution in [1.82, 2.24) is 15.4 Å². The number of amides is 1. The number of carbonyl (C=O) groups excluding carboxylic acids is 1. The van der Waals surface area contributed by atoms with Crippen LogP contribution < -0.4 is 10.2 Å². The number of hydroxylamine groups is 1. The minimum Gasteiger partial charge on any atom is -0.484 e. The minimum absolute atomic E-state index is 0.205. The molecule has 4 rings (SSSR count). The fourth-order valence-electron chi connectivity index (χ4n) is 3.74. The van der Waals surface area contributed by atoms with Crippen LogP contribution in [0.1, 0.15) is 23.1 Å². The number of ether oxygens (including phenoxy) is 1. The topological polar surface area (TPSA) is 77.6 Å². The Labute approximate surface area is 169 Å². The average molecular weight is 391 g/mol. The number of aromatic amines is 1. The van der Waals surface area contributed by atoms with E-state index < -0.39 is 5.91 Å². The van der Waals surface area contributed by atoms with Gasteiger partial charge in [-0.3, -0.25) is 14.9 Å². The number of hydrogen-bond donors (Lipinski definition) is 3. The van der Waals surface area contributed by atoms with Crippen LogP contribution >= 0.6 is 0 Å². The lowest BCUT2D eigenvalue weighted by Crippen LogP contribution is -2.28. The molecule has 0 saturated carbocycles. The van der Waals surface area contributed by atoms with Crippen molar-refractivity contribution in [3.63, 3.8) is 0 Å². The van der Waals surface area contributed by atoms with Crippen LogP contribution in [-0.4, -0.2) is 40.7 Å².